The molecule has 0 aliphatic heterocycles. The topological polar surface area (TPSA) is 100 Å². The van der Waals surface area contributed by atoms with Crippen molar-refractivity contribution in [1.29, 1.82) is 0 Å². The highest BCUT2D eigenvalue weighted by Gasteiger charge is 2.19. The van der Waals surface area contributed by atoms with Crippen LogP contribution in [0.4, 0.5) is 5.82 Å². The van der Waals surface area contributed by atoms with Gasteiger partial charge < -0.3 is 14.9 Å². The Kier molecular flexibility index (Phi) is 3.13. The summed E-state index contributed by atoms with van der Waals surface area (Å²) >= 11 is 0. The normalized spacial score (nSPS) is 10.3. The van der Waals surface area contributed by atoms with E-state index in [-0.39, 0.29) is 17.9 Å². The van der Waals surface area contributed by atoms with Crippen LogP contribution in [0.5, 0.6) is 0 Å². The molecule has 2 aromatic rings. The Balaban J connectivity index is 2.45. The quantitative estimate of drug-likeness (QED) is 0.632. The minimum atomic E-state index is -0.507. The molecular weight excluding hydrogens is 238 g/mol. The average molecular weight is 249 g/mol. The third kappa shape index (κ3) is 1.97. The highest BCUT2D eigenvalue weighted by Crippen LogP contribution is 2.26. The molecule has 0 aliphatic rings. The van der Waals surface area contributed by atoms with Gasteiger partial charge in [0, 0.05) is 0 Å². The number of nitrogens with two attached hydrogens (primary N) is 1. The Morgan fingerprint density at radius 1 is 1.67 bits per heavy atom. The van der Waals surface area contributed by atoms with E-state index in [0.29, 0.717) is 17.7 Å². The first-order chi connectivity index (χ1) is 8.67. The van der Waals surface area contributed by atoms with Gasteiger partial charge in [0.25, 0.3) is 0 Å². The molecule has 7 heteroatoms. The lowest BCUT2D eigenvalue weighted by atomic mass is 10.2. The van der Waals surface area contributed by atoms with Gasteiger partial charge >= 0.3 is 5.97 Å². The van der Waals surface area contributed by atoms with Crippen LogP contribution in [0.2, 0.25) is 0 Å². The fraction of sp³-hybridized carbons (Fsp3) is 0.182. The maximum Gasteiger partial charge on any atom is 0.327 e. The number of hydrogen-bond acceptors (Lipinski definition) is 6. The molecule has 7 nitrogen and oxygen atoms in total. The number of esters is 1. The van der Waals surface area contributed by atoms with Gasteiger partial charge in [-0.25, -0.2) is 4.68 Å². The largest absolute Gasteiger partial charge is 0.468 e. The van der Waals surface area contributed by atoms with Gasteiger partial charge in [-0.2, -0.15) is 5.10 Å². The first-order valence-electron chi connectivity index (χ1n) is 5.09. The molecule has 2 N–H and O–H groups in total. The molecule has 94 valence electrons. The minimum Gasteiger partial charge on any atom is -0.468 e. The first kappa shape index (κ1) is 11.9. The second-order valence-corrected chi connectivity index (χ2v) is 3.48. The number of furan rings is 1. The number of rotatable bonds is 4. The molecule has 0 amide bonds. The number of carbonyl (C=O) groups is 2. The van der Waals surface area contributed by atoms with Crippen molar-refractivity contribution in [1.82, 2.24) is 9.78 Å². The molecule has 0 saturated carbocycles. The molecule has 0 fully saturated rings. The molecule has 0 aliphatic carbocycles. The Hall–Kier alpha value is -2.57. The molecule has 2 rings (SSSR count). The number of nitrogen functional groups attached to an aromatic ring is 1. The van der Waals surface area contributed by atoms with E-state index in [9.17, 15) is 9.59 Å². The number of nitrogens with zero attached hydrogens (tertiary/aromatic N) is 2. The molecule has 0 spiro atoms. The number of aldehydes is 1. The van der Waals surface area contributed by atoms with Gasteiger partial charge in [-0.05, 0) is 12.1 Å². The summed E-state index contributed by atoms with van der Waals surface area (Å²) in [5, 5.41) is 4.08. The second kappa shape index (κ2) is 4.74. The summed E-state index contributed by atoms with van der Waals surface area (Å²) in [5.41, 5.74) is 6.23. The standard InChI is InChI=1S/C11H11N3O4/c1-17-9(16)5-14-11(12)7(6-15)10(13-14)8-3-2-4-18-8/h2-4,6H,5,12H2,1H3. The van der Waals surface area contributed by atoms with Crippen molar-refractivity contribution in [3.05, 3.63) is 24.0 Å². The van der Waals surface area contributed by atoms with Gasteiger partial charge in [0.05, 0.1) is 18.9 Å². The highest BCUT2D eigenvalue weighted by atomic mass is 16.5. The van der Waals surface area contributed by atoms with Crippen molar-refractivity contribution < 1.29 is 18.7 Å². The molecule has 2 heterocycles. The first-order valence-corrected chi connectivity index (χ1v) is 5.09. The van der Waals surface area contributed by atoms with E-state index in [1.807, 2.05) is 0 Å². The SMILES string of the molecule is COC(=O)Cn1nc(-c2ccco2)c(C=O)c1N. The second-order valence-electron chi connectivity index (χ2n) is 3.48. The summed E-state index contributed by atoms with van der Waals surface area (Å²) in [6.07, 6.45) is 2.04. The summed E-state index contributed by atoms with van der Waals surface area (Å²) in [4.78, 5) is 22.2. The predicted molar refractivity (Wildman–Crippen MR) is 61.7 cm³/mol. The van der Waals surface area contributed by atoms with E-state index in [4.69, 9.17) is 10.2 Å². The van der Waals surface area contributed by atoms with Gasteiger partial charge in [0.2, 0.25) is 0 Å². The maximum absolute atomic E-state index is 11.2. The smallest absolute Gasteiger partial charge is 0.327 e. The van der Waals surface area contributed by atoms with Crippen LogP contribution < -0.4 is 5.73 Å². The van der Waals surface area contributed by atoms with E-state index in [0.717, 1.165) is 0 Å². The van der Waals surface area contributed by atoms with Crippen molar-refractivity contribution in [2.24, 2.45) is 0 Å². The zero-order valence-electron chi connectivity index (χ0n) is 9.62. The van der Waals surface area contributed by atoms with Gasteiger partial charge in [-0.3, -0.25) is 9.59 Å². The number of anilines is 1. The molecule has 0 radical (unpaired) electrons. The summed E-state index contributed by atoms with van der Waals surface area (Å²) in [6.45, 7) is -0.163. The van der Waals surface area contributed by atoms with E-state index in [1.54, 1.807) is 12.1 Å². The third-order valence-corrected chi connectivity index (χ3v) is 2.41. The lowest BCUT2D eigenvalue weighted by Gasteiger charge is -2.01. The van der Waals surface area contributed by atoms with Gasteiger partial charge in [0.15, 0.2) is 12.0 Å². The summed E-state index contributed by atoms with van der Waals surface area (Å²) in [5.74, 6) is 0.00172. The van der Waals surface area contributed by atoms with Crippen LogP contribution in [0, 0.1) is 0 Å². The van der Waals surface area contributed by atoms with Crippen molar-refractivity contribution in [2.75, 3.05) is 12.8 Å². The summed E-state index contributed by atoms with van der Waals surface area (Å²) in [6, 6.07) is 3.32. The lowest BCUT2D eigenvalue weighted by molar-refractivity contribution is -0.141. The Morgan fingerprint density at radius 2 is 2.44 bits per heavy atom. The van der Waals surface area contributed by atoms with Crippen LogP contribution in [0.1, 0.15) is 10.4 Å². The lowest BCUT2D eigenvalue weighted by Crippen LogP contribution is -2.14. The number of hydrogen-bond donors (Lipinski definition) is 1. The monoisotopic (exact) mass is 249 g/mol. The van der Waals surface area contributed by atoms with Crippen LogP contribution >= 0.6 is 0 Å². The number of ether oxygens (including phenoxy) is 1. The molecule has 0 bridgehead atoms. The Morgan fingerprint density at radius 3 is 3.00 bits per heavy atom. The molecule has 0 saturated heterocycles. The van der Waals surface area contributed by atoms with E-state index in [1.165, 1.54) is 18.1 Å². The molecule has 18 heavy (non-hydrogen) atoms. The Bertz CT molecular complexity index is 571. The van der Waals surface area contributed by atoms with Gasteiger partial charge in [0.1, 0.15) is 18.1 Å². The summed E-state index contributed by atoms with van der Waals surface area (Å²) in [7, 11) is 1.26. The fourth-order valence-electron chi connectivity index (χ4n) is 1.51. The van der Waals surface area contributed by atoms with E-state index < -0.39 is 5.97 Å². The van der Waals surface area contributed by atoms with Gasteiger partial charge in [-0.1, -0.05) is 0 Å². The van der Waals surface area contributed by atoms with Crippen molar-refractivity contribution in [3.63, 3.8) is 0 Å². The third-order valence-electron chi connectivity index (χ3n) is 2.41. The van der Waals surface area contributed by atoms with Crippen LogP contribution in [-0.2, 0) is 16.1 Å². The summed E-state index contributed by atoms with van der Waals surface area (Å²) < 4.78 is 10.9. The molecular formula is C11H11N3O4. The molecule has 0 aromatic carbocycles. The molecule has 0 unspecified atom stereocenters. The van der Waals surface area contributed by atoms with Gasteiger partial charge in [-0.15, -0.1) is 0 Å². The maximum atomic E-state index is 11.2. The minimum absolute atomic E-state index is 0.0989. The van der Waals surface area contributed by atoms with Crippen molar-refractivity contribution in [2.45, 2.75) is 6.54 Å². The van der Waals surface area contributed by atoms with E-state index in [2.05, 4.69) is 9.84 Å². The van der Waals surface area contributed by atoms with Crippen molar-refractivity contribution in [3.8, 4) is 11.5 Å². The zero-order chi connectivity index (χ0) is 13.1. The fourth-order valence-corrected chi connectivity index (χ4v) is 1.51. The number of methoxy groups -OCH3 is 1. The van der Waals surface area contributed by atoms with Crippen LogP contribution in [0.25, 0.3) is 11.5 Å². The number of carbonyl (C=O) groups excluding carboxylic acids is 2. The number of aromatic nitrogens is 2. The predicted octanol–water partition coefficient (Wildman–Crippen LogP) is 0.711. The molecule has 0 atom stereocenters. The van der Waals surface area contributed by atoms with Crippen molar-refractivity contribution >= 4 is 18.1 Å². The van der Waals surface area contributed by atoms with E-state index >= 15 is 0 Å². The van der Waals surface area contributed by atoms with Crippen LogP contribution in [0.3, 0.4) is 0 Å². The zero-order valence-corrected chi connectivity index (χ0v) is 9.62. The molecule has 2 aromatic heterocycles. The average Bonchev–Trinajstić information content (AvgIpc) is 2.98. The highest BCUT2D eigenvalue weighted by molar-refractivity contribution is 5.90. The Labute approximate surface area is 102 Å². The van der Waals surface area contributed by atoms with Crippen LogP contribution in [0.15, 0.2) is 22.8 Å². The van der Waals surface area contributed by atoms with Crippen LogP contribution in [-0.4, -0.2) is 29.1 Å².